The van der Waals surface area contributed by atoms with Crippen LogP contribution in [0, 0.1) is 17.5 Å². The molecule has 0 aliphatic rings. The van der Waals surface area contributed by atoms with Crippen LogP contribution in [0.1, 0.15) is 49.4 Å². The van der Waals surface area contributed by atoms with Crippen molar-refractivity contribution in [1.82, 2.24) is 0 Å². The van der Waals surface area contributed by atoms with Crippen LogP contribution in [0.2, 0.25) is 0 Å². The van der Waals surface area contributed by atoms with Gasteiger partial charge in [-0.25, -0.2) is 13.6 Å². The van der Waals surface area contributed by atoms with Gasteiger partial charge in [0.1, 0.15) is 5.56 Å². The molecule has 0 aromatic heterocycles. The average molecular weight is 304 g/mol. The molecule has 0 N–H and O–H groups in total. The summed E-state index contributed by atoms with van der Waals surface area (Å²) in [6.07, 6.45) is 4.77. The largest absolute Gasteiger partial charge is 0.491 e. The van der Waals surface area contributed by atoms with Crippen molar-refractivity contribution in [2.24, 2.45) is 0 Å². The number of rotatable bonds is 8. The number of benzene rings is 1. The normalized spacial score (nSPS) is 10.5. The van der Waals surface area contributed by atoms with Crippen LogP contribution in [-0.2, 0) is 4.74 Å². The molecule has 0 heterocycles. The maximum Gasteiger partial charge on any atom is 0.341 e. The first-order chi connectivity index (χ1) is 10.0. The lowest BCUT2D eigenvalue weighted by atomic mass is 10.1. The van der Waals surface area contributed by atoms with Crippen LogP contribution in [0.15, 0.2) is 6.07 Å². The van der Waals surface area contributed by atoms with E-state index in [1.807, 2.05) is 0 Å². The van der Waals surface area contributed by atoms with E-state index in [0.717, 1.165) is 32.8 Å². The molecule has 0 unspecified atom stereocenters. The third-order valence-electron chi connectivity index (χ3n) is 3.02. The van der Waals surface area contributed by atoms with E-state index in [1.165, 1.54) is 0 Å². The predicted octanol–water partition coefficient (Wildman–Crippen LogP) is 4.24. The van der Waals surface area contributed by atoms with Crippen molar-refractivity contribution in [1.29, 1.82) is 0 Å². The van der Waals surface area contributed by atoms with Gasteiger partial charge in [0, 0.05) is 0 Å². The summed E-state index contributed by atoms with van der Waals surface area (Å²) in [4.78, 5) is 11.7. The van der Waals surface area contributed by atoms with E-state index in [4.69, 9.17) is 4.74 Å². The lowest BCUT2D eigenvalue weighted by molar-refractivity contribution is 0.0490. The number of unbranched alkanes of at least 4 members (excludes halogenated alkanes) is 4. The van der Waals surface area contributed by atoms with Crippen molar-refractivity contribution in [2.75, 3.05) is 13.7 Å². The van der Waals surface area contributed by atoms with Crippen LogP contribution in [0.25, 0.3) is 0 Å². The predicted molar refractivity (Wildman–Crippen MR) is 71.9 cm³/mol. The topological polar surface area (TPSA) is 35.5 Å². The first-order valence-electron chi connectivity index (χ1n) is 6.91. The Morgan fingerprint density at radius 1 is 1.10 bits per heavy atom. The standard InChI is InChI=1S/C15H19F3O3/c1-3-4-5-6-7-8-21-15(19)10-9-11(16)13(18)14(20-2)12(10)17/h9H,3-8H2,1-2H3. The van der Waals surface area contributed by atoms with E-state index < -0.39 is 34.7 Å². The Balaban J connectivity index is 2.64. The highest BCUT2D eigenvalue weighted by atomic mass is 19.2. The third-order valence-corrected chi connectivity index (χ3v) is 3.02. The zero-order chi connectivity index (χ0) is 15.8. The van der Waals surface area contributed by atoms with Gasteiger partial charge in [0.15, 0.2) is 17.4 Å². The fraction of sp³-hybridized carbons (Fsp3) is 0.533. The Morgan fingerprint density at radius 3 is 2.38 bits per heavy atom. The van der Waals surface area contributed by atoms with Gasteiger partial charge in [-0.1, -0.05) is 32.6 Å². The molecule has 3 nitrogen and oxygen atoms in total. The van der Waals surface area contributed by atoms with Crippen LogP contribution in [0.5, 0.6) is 5.75 Å². The highest BCUT2D eigenvalue weighted by Gasteiger charge is 2.24. The van der Waals surface area contributed by atoms with Crippen molar-refractivity contribution in [3.63, 3.8) is 0 Å². The van der Waals surface area contributed by atoms with Crippen LogP contribution >= 0.6 is 0 Å². The lowest BCUT2D eigenvalue weighted by Crippen LogP contribution is -2.11. The third kappa shape index (κ3) is 4.65. The number of esters is 1. The molecule has 118 valence electrons. The van der Waals surface area contributed by atoms with Gasteiger partial charge in [-0.05, 0) is 12.5 Å². The second-order valence-corrected chi connectivity index (χ2v) is 4.62. The molecular formula is C15H19F3O3. The Labute approximate surface area is 122 Å². The second kappa shape index (κ2) is 8.54. The van der Waals surface area contributed by atoms with Crippen LogP contribution in [0.4, 0.5) is 13.2 Å². The number of carbonyl (C=O) groups is 1. The summed E-state index contributed by atoms with van der Waals surface area (Å²) in [6, 6.07) is 0.479. The Hall–Kier alpha value is -1.72. The molecule has 6 heteroatoms. The van der Waals surface area contributed by atoms with E-state index >= 15 is 0 Å². The minimum Gasteiger partial charge on any atom is -0.491 e. The molecule has 1 aromatic rings. The highest BCUT2D eigenvalue weighted by molar-refractivity contribution is 5.90. The molecular weight excluding hydrogens is 285 g/mol. The molecule has 0 spiro atoms. The number of hydrogen-bond donors (Lipinski definition) is 0. The van der Waals surface area contributed by atoms with Crippen molar-refractivity contribution in [3.05, 3.63) is 29.1 Å². The van der Waals surface area contributed by atoms with E-state index in [2.05, 4.69) is 11.7 Å². The minimum atomic E-state index is -1.47. The summed E-state index contributed by atoms with van der Waals surface area (Å²) >= 11 is 0. The Morgan fingerprint density at radius 2 is 1.76 bits per heavy atom. The summed E-state index contributed by atoms with van der Waals surface area (Å²) in [5, 5.41) is 0. The molecule has 0 saturated heterocycles. The smallest absolute Gasteiger partial charge is 0.341 e. The molecule has 0 aliphatic heterocycles. The first kappa shape index (κ1) is 17.3. The molecule has 0 saturated carbocycles. The van der Waals surface area contributed by atoms with Gasteiger partial charge in [-0.3, -0.25) is 0 Å². The fourth-order valence-electron chi connectivity index (χ4n) is 1.86. The summed E-state index contributed by atoms with van der Waals surface area (Å²) in [6.45, 7) is 2.20. The number of halogens is 3. The number of hydrogen-bond acceptors (Lipinski definition) is 3. The van der Waals surface area contributed by atoms with Gasteiger partial charge in [0.2, 0.25) is 5.82 Å². The van der Waals surface area contributed by atoms with Gasteiger partial charge in [-0.2, -0.15) is 4.39 Å². The zero-order valence-electron chi connectivity index (χ0n) is 12.2. The van der Waals surface area contributed by atoms with Crippen LogP contribution in [-0.4, -0.2) is 19.7 Å². The molecule has 0 fully saturated rings. The van der Waals surface area contributed by atoms with E-state index in [1.54, 1.807) is 0 Å². The quantitative estimate of drug-likeness (QED) is 0.409. The van der Waals surface area contributed by atoms with Crippen LogP contribution in [0.3, 0.4) is 0 Å². The van der Waals surface area contributed by atoms with Crippen LogP contribution < -0.4 is 4.74 Å². The van der Waals surface area contributed by atoms with E-state index in [-0.39, 0.29) is 6.61 Å². The van der Waals surface area contributed by atoms with Crippen molar-refractivity contribution < 1.29 is 27.4 Å². The molecule has 0 aliphatic carbocycles. The van der Waals surface area contributed by atoms with Gasteiger partial charge in [-0.15, -0.1) is 0 Å². The molecule has 0 amide bonds. The monoisotopic (exact) mass is 304 g/mol. The average Bonchev–Trinajstić information content (AvgIpc) is 2.47. The van der Waals surface area contributed by atoms with Gasteiger partial charge < -0.3 is 9.47 Å². The lowest BCUT2D eigenvalue weighted by Gasteiger charge is -2.09. The van der Waals surface area contributed by atoms with Gasteiger partial charge >= 0.3 is 5.97 Å². The summed E-state index contributed by atoms with van der Waals surface area (Å²) < 4.78 is 49.6. The Bertz CT molecular complexity index is 490. The molecule has 21 heavy (non-hydrogen) atoms. The second-order valence-electron chi connectivity index (χ2n) is 4.62. The van der Waals surface area contributed by atoms with E-state index in [0.29, 0.717) is 12.5 Å². The number of ether oxygens (including phenoxy) is 2. The van der Waals surface area contributed by atoms with E-state index in [9.17, 15) is 18.0 Å². The molecule has 0 atom stereocenters. The first-order valence-corrected chi connectivity index (χ1v) is 6.91. The molecule has 0 bridgehead atoms. The molecule has 1 aromatic carbocycles. The van der Waals surface area contributed by atoms with Crippen molar-refractivity contribution in [2.45, 2.75) is 39.0 Å². The summed E-state index contributed by atoms with van der Waals surface area (Å²) in [5.74, 6) is -6.04. The van der Waals surface area contributed by atoms with Gasteiger partial charge in [0.25, 0.3) is 0 Å². The summed E-state index contributed by atoms with van der Waals surface area (Å²) in [5.41, 5.74) is -0.667. The minimum absolute atomic E-state index is 0.114. The zero-order valence-corrected chi connectivity index (χ0v) is 12.2. The molecule has 0 radical (unpaired) electrons. The van der Waals surface area contributed by atoms with Crippen molar-refractivity contribution in [3.8, 4) is 5.75 Å². The maximum atomic E-state index is 13.8. The number of carbonyl (C=O) groups excluding carboxylic acids is 1. The fourth-order valence-corrected chi connectivity index (χ4v) is 1.86. The molecule has 1 rings (SSSR count). The SMILES string of the molecule is CCCCCCCOC(=O)c1cc(F)c(F)c(OC)c1F. The summed E-state index contributed by atoms with van der Waals surface area (Å²) in [7, 11) is 0.990. The van der Waals surface area contributed by atoms with Gasteiger partial charge in [0.05, 0.1) is 13.7 Å². The maximum absolute atomic E-state index is 13.8. The highest BCUT2D eigenvalue weighted by Crippen LogP contribution is 2.27. The number of methoxy groups -OCH3 is 1. The van der Waals surface area contributed by atoms with Crippen molar-refractivity contribution >= 4 is 5.97 Å². The Kier molecular flexibility index (Phi) is 7.05.